The van der Waals surface area contributed by atoms with Gasteiger partial charge in [0.25, 0.3) is 5.91 Å². The van der Waals surface area contributed by atoms with E-state index in [1.54, 1.807) is 36.4 Å². The number of aromatic nitrogens is 1. The van der Waals surface area contributed by atoms with Gasteiger partial charge in [0.1, 0.15) is 5.69 Å². The van der Waals surface area contributed by atoms with Crippen LogP contribution in [0.25, 0.3) is 22.0 Å². The SMILES string of the molecule is CCOc1ccc(C(=O)Oc2ccc(C=NNC(=O)c3[nH]c4c(CC)cccc4c3-c3ccccc3)cc2OCC)cc1OCC. The molecule has 0 spiro atoms. The summed E-state index contributed by atoms with van der Waals surface area (Å²) in [4.78, 5) is 29.8. The third-order valence-electron chi connectivity index (χ3n) is 7.22. The van der Waals surface area contributed by atoms with E-state index < -0.39 is 5.97 Å². The highest BCUT2D eigenvalue weighted by Gasteiger charge is 2.20. The lowest BCUT2D eigenvalue weighted by Gasteiger charge is -2.13. The molecule has 0 saturated heterocycles. The van der Waals surface area contributed by atoms with E-state index in [2.05, 4.69) is 28.5 Å². The molecular formula is C37H37N3O6. The summed E-state index contributed by atoms with van der Waals surface area (Å²) in [5, 5.41) is 5.20. The third-order valence-corrected chi connectivity index (χ3v) is 7.22. The maximum atomic E-state index is 13.4. The number of carbonyl (C=O) groups is 2. The van der Waals surface area contributed by atoms with Crippen LogP contribution in [-0.2, 0) is 6.42 Å². The van der Waals surface area contributed by atoms with Crippen molar-refractivity contribution in [2.75, 3.05) is 19.8 Å². The molecule has 0 aliphatic rings. The van der Waals surface area contributed by atoms with Crippen LogP contribution < -0.4 is 24.4 Å². The van der Waals surface area contributed by atoms with Crippen LogP contribution in [0.1, 0.15) is 59.7 Å². The Balaban J connectivity index is 1.35. The van der Waals surface area contributed by atoms with Gasteiger partial charge in [0.15, 0.2) is 23.0 Å². The fourth-order valence-corrected chi connectivity index (χ4v) is 5.16. The molecule has 236 valence electrons. The molecule has 0 bridgehead atoms. The van der Waals surface area contributed by atoms with Crippen molar-refractivity contribution in [3.05, 3.63) is 107 Å². The molecule has 0 aliphatic heterocycles. The second-order valence-corrected chi connectivity index (χ2v) is 10.2. The van der Waals surface area contributed by atoms with E-state index >= 15 is 0 Å². The number of amides is 1. The summed E-state index contributed by atoms with van der Waals surface area (Å²) in [7, 11) is 0. The number of fused-ring (bicyclic) bond motifs is 1. The quantitative estimate of drug-likeness (QED) is 0.0609. The van der Waals surface area contributed by atoms with Crippen molar-refractivity contribution in [1.82, 2.24) is 10.4 Å². The molecule has 2 N–H and O–H groups in total. The lowest BCUT2D eigenvalue weighted by Crippen LogP contribution is -2.19. The Bertz CT molecular complexity index is 1860. The molecule has 0 fully saturated rings. The maximum absolute atomic E-state index is 13.4. The van der Waals surface area contributed by atoms with Gasteiger partial charge in [-0.05, 0) is 80.3 Å². The zero-order valence-corrected chi connectivity index (χ0v) is 26.4. The molecule has 4 aromatic carbocycles. The van der Waals surface area contributed by atoms with Crippen molar-refractivity contribution >= 4 is 29.0 Å². The van der Waals surface area contributed by atoms with Crippen LogP contribution in [0, 0.1) is 0 Å². The number of hydrazone groups is 1. The smallest absolute Gasteiger partial charge is 0.343 e. The van der Waals surface area contributed by atoms with Crippen LogP contribution in [0.4, 0.5) is 0 Å². The second kappa shape index (κ2) is 14.9. The van der Waals surface area contributed by atoms with Gasteiger partial charge in [-0.15, -0.1) is 0 Å². The van der Waals surface area contributed by atoms with Gasteiger partial charge in [-0.3, -0.25) is 4.79 Å². The van der Waals surface area contributed by atoms with Crippen molar-refractivity contribution in [1.29, 1.82) is 0 Å². The predicted octanol–water partition coefficient (Wildman–Crippen LogP) is 7.58. The number of benzene rings is 4. The lowest BCUT2D eigenvalue weighted by atomic mass is 10.00. The Hall–Kier alpha value is -5.57. The van der Waals surface area contributed by atoms with E-state index in [4.69, 9.17) is 18.9 Å². The van der Waals surface area contributed by atoms with Crippen LogP contribution >= 0.6 is 0 Å². The molecule has 0 atom stereocenters. The molecular weight excluding hydrogens is 582 g/mol. The van der Waals surface area contributed by atoms with Gasteiger partial charge in [-0.25, -0.2) is 10.2 Å². The molecule has 0 saturated carbocycles. The van der Waals surface area contributed by atoms with Gasteiger partial charge < -0.3 is 23.9 Å². The predicted molar refractivity (Wildman–Crippen MR) is 180 cm³/mol. The Morgan fingerprint density at radius 2 is 1.46 bits per heavy atom. The average molecular weight is 620 g/mol. The van der Waals surface area contributed by atoms with E-state index in [0.717, 1.165) is 34.0 Å². The topological polar surface area (TPSA) is 111 Å². The zero-order valence-electron chi connectivity index (χ0n) is 26.4. The number of ether oxygens (including phenoxy) is 4. The first-order chi connectivity index (χ1) is 22.5. The Morgan fingerprint density at radius 3 is 2.17 bits per heavy atom. The van der Waals surface area contributed by atoms with Gasteiger partial charge in [0.2, 0.25) is 0 Å². The van der Waals surface area contributed by atoms with Gasteiger partial charge in [-0.1, -0.05) is 55.5 Å². The summed E-state index contributed by atoms with van der Waals surface area (Å²) >= 11 is 0. The first-order valence-corrected chi connectivity index (χ1v) is 15.4. The number of hydrogen-bond acceptors (Lipinski definition) is 7. The van der Waals surface area contributed by atoms with E-state index in [0.29, 0.717) is 53.9 Å². The van der Waals surface area contributed by atoms with Gasteiger partial charge in [-0.2, -0.15) is 5.10 Å². The number of H-pyrrole nitrogens is 1. The number of para-hydroxylation sites is 1. The summed E-state index contributed by atoms with van der Waals surface area (Å²) in [5.74, 6) is 0.682. The third kappa shape index (κ3) is 7.04. The highest BCUT2D eigenvalue weighted by molar-refractivity contribution is 6.10. The second-order valence-electron chi connectivity index (χ2n) is 10.2. The van der Waals surface area contributed by atoms with Gasteiger partial charge in [0.05, 0.1) is 31.6 Å². The van der Waals surface area contributed by atoms with Crippen molar-refractivity contribution in [2.24, 2.45) is 5.10 Å². The average Bonchev–Trinajstić information content (AvgIpc) is 3.47. The number of rotatable bonds is 13. The first kappa shape index (κ1) is 31.8. The number of hydrogen-bond donors (Lipinski definition) is 2. The van der Waals surface area contributed by atoms with Crippen molar-refractivity contribution in [2.45, 2.75) is 34.1 Å². The molecule has 46 heavy (non-hydrogen) atoms. The fraction of sp³-hybridized carbons (Fsp3) is 0.216. The van der Waals surface area contributed by atoms with Gasteiger partial charge >= 0.3 is 5.97 Å². The van der Waals surface area contributed by atoms with Crippen LogP contribution in [0.5, 0.6) is 23.0 Å². The minimum Gasteiger partial charge on any atom is -0.490 e. The molecule has 1 amide bonds. The standard InChI is InChI=1S/C37H37N3O6/c1-5-25-15-12-16-28-33(26-13-10-9-11-14-26)35(39-34(25)28)36(41)40-38-23-24-17-19-30(31(21-24)44-7-3)46-37(42)27-18-20-29(43-6-2)32(22-27)45-8-4/h9-23,39H,5-8H2,1-4H3,(H,40,41). The summed E-state index contributed by atoms with van der Waals surface area (Å²) in [5.41, 5.74) is 7.84. The van der Waals surface area contributed by atoms with Crippen LogP contribution in [0.15, 0.2) is 90.0 Å². The number of aromatic amines is 1. The summed E-state index contributed by atoms with van der Waals surface area (Å²) < 4.78 is 22.7. The van der Waals surface area contributed by atoms with E-state index in [1.807, 2.05) is 63.2 Å². The van der Waals surface area contributed by atoms with Crippen LogP contribution in [-0.4, -0.2) is 42.9 Å². The largest absolute Gasteiger partial charge is 0.490 e. The number of nitrogens with one attached hydrogen (secondary N) is 2. The highest BCUT2D eigenvalue weighted by atomic mass is 16.6. The number of nitrogens with zero attached hydrogens (tertiary/aromatic N) is 1. The number of carbonyl (C=O) groups excluding carboxylic acids is 2. The minimum atomic E-state index is -0.572. The lowest BCUT2D eigenvalue weighted by molar-refractivity contribution is 0.0727. The van der Waals surface area contributed by atoms with Crippen molar-refractivity contribution in [3.63, 3.8) is 0 Å². The summed E-state index contributed by atoms with van der Waals surface area (Å²) in [6, 6.07) is 25.8. The van der Waals surface area contributed by atoms with E-state index in [-0.39, 0.29) is 11.7 Å². The Morgan fingerprint density at radius 1 is 0.761 bits per heavy atom. The number of aryl methyl sites for hydroxylation is 1. The number of esters is 1. The van der Waals surface area contributed by atoms with Crippen LogP contribution in [0.2, 0.25) is 0 Å². The summed E-state index contributed by atoms with van der Waals surface area (Å²) in [6.07, 6.45) is 2.34. The first-order valence-electron chi connectivity index (χ1n) is 15.4. The van der Waals surface area contributed by atoms with Crippen molar-refractivity contribution in [3.8, 4) is 34.1 Å². The molecule has 0 unspecified atom stereocenters. The molecule has 0 radical (unpaired) electrons. The molecule has 0 aliphatic carbocycles. The normalized spacial score (nSPS) is 11.0. The fourth-order valence-electron chi connectivity index (χ4n) is 5.16. The minimum absolute atomic E-state index is 0.247. The highest BCUT2D eigenvalue weighted by Crippen LogP contribution is 2.35. The Labute approximate surface area is 268 Å². The molecule has 1 aromatic heterocycles. The van der Waals surface area contributed by atoms with E-state index in [9.17, 15) is 9.59 Å². The molecule has 5 rings (SSSR count). The van der Waals surface area contributed by atoms with Crippen molar-refractivity contribution < 1.29 is 28.5 Å². The molecule has 9 nitrogen and oxygen atoms in total. The molecule has 5 aromatic rings. The van der Waals surface area contributed by atoms with E-state index in [1.165, 1.54) is 6.21 Å². The summed E-state index contributed by atoms with van der Waals surface area (Å²) in [6.45, 7) is 8.90. The Kier molecular flexibility index (Phi) is 10.3. The monoisotopic (exact) mass is 619 g/mol. The molecule has 9 heteroatoms. The molecule has 1 heterocycles. The zero-order chi connectivity index (χ0) is 32.5. The van der Waals surface area contributed by atoms with Crippen LogP contribution in [0.3, 0.4) is 0 Å². The maximum Gasteiger partial charge on any atom is 0.343 e. The van der Waals surface area contributed by atoms with Gasteiger partial charge in [0, 0.05) is 16.5 Å².